The molecule has 6 heteroatoms. The van der Waals surface area contributed by atoms with Crippen LogP contribution in [-0.2, 0) is 22.0 Å². The topological polar surface area (TPSA) is 55.2 Å². The van der Waals surface area contributed by atoms with Gasteiger partial charge in [-0.3, -0.25) is 8.99 Å². The van der Waals surface area contributed by atoms with Crippen LogP contribution in [0.1, 0.15) is 39.0 Å². The second kappa shape index (κ2) is 7.80. The maximum absolute atomic E-state index is 13.6. The van der Waals surface area contributed by atoms with Gasteiger partial charge in [-0.2, -0.15) is 5.10 Å². The van der Waals surface area contributed by atoms with Crippen LogP contribution >= 0.6 is 0 Å². The Morgan fingerprint density at radius 1 is 0.964 bits per heavy atom. The van der Waals surface area contributed by atoms with Gasteiger partial charge in [-0.1, -0.05) is 69.3 Å². The molecule has 0 atom stereocenters. The van der Waals surface area contributed by atoms with Crippen molar-refractivity contribution in [3.63, 3.8) is 0 Å². The van der Waals surface area contributed by atoms with Crippen LogP contribution in [0, 0.1) is 0 Å². The van der Waals surface area contributed by atoms with Crippen LogP contribution < -0.4 is 4.31 Å². The zero-order valence-corrected chi connectivity index (χ0v) is 17.6. The molecule has 0 aliphatic heterocycles. The van der Waals surface area contributed by atoms with E-state index in [-0.39, 0.29) is 4.90 Å². The standard InChI is InChI=1S/C22H27N3O2S/c1-5-25(19-14-10-7-11-15-19)28(26,27)20-17-24(23-21(20)22(2,3)4)16-18-12-8-6-9-13-18/h6-15,17H,5,16H2,1-4H3. The molecular weight excluding hydrogens is 370 g/mol. The van der Waals surface area contributed by atoms with Crippen molar-refractivity contribution in [2.24, 2.45) is 0 Å². The number of rotatable bonds is 6. The maximum atomic E-state index is 13.6. The summed E-state index contributed by atoms with van der Waals surface area (Å²) in [7, 11) is -3.74. The van der Waals surface area contributed by atoms with Crippen molar-refractivity contribution in [2.45, 2.75) is 44.6 Å². The Hall–Kier alpha value is -2.60. The van der Waals surface area contributed by atoms with Crippen molar-refractivity contribution < 1.29 is 8.42 Å². The maximum Gasteiger partial charge on any atom is 0.267 e. The second-order valence-corrected chi connectivity index (χ2v) is 9.61. The van der Waals surface area contributed by atoms with E-state index in [0.29, 0.717) is 24.5 Å². The van der Waals surface area contributed by atoms with Gasteiger partial charge in [0, 0.05) is 18.2 Å². The van der Waals surface area contributed by atoms with E-state index in [9.17, 15) is 8.42 Å². The average molecular weight is 398 g/mol. The number of nitrogens with zero attached hydrogens (tertiary/aromatic N) is 3. The molecule has 0 amide bonds. The second-order valence-electron chi connectivity index (χ2n) is 7.78. The molecule has 0 fully saturated rings. The molecule has 28 heavy (non-hydrogen) atoms. The minimum atomic E-state index is -3.74. The first kappa shape index (κ1) is 20.1. The fraction of sp³-hybridized carbons (Fsp3) is 0.318. The number of para-hydroxylation sites is 1. The fourth-order valence-electron chi connectivity index (χ4n) is 3.17. The minimum absolute atomic E-state index is 0.265. The molecule has 0 unspecified atom stereocenters. The first-order chi connectivity index (χ1) is 13.2. The first-order valence-corrected chi connectivity index (χ1v) is 10.9. The Labute approximate surface area is 167 Å². The summed E-state index contributed by atoms with van der Waals surface area (Å²) in [5, 5.41) is 4.66. The predicted molar refractivity (Wildman–Crippen MR) is 113 cm³/mol. The Kier molecular flexibility index (Phi) is 5.61. The molecule has 0 saturated heterocycles. The summed E-state index contributed by atoms with van der Waals surface area (Å²) >= 11 is 0. The fourth-order valence-corrected chi connectivity index (χ4v) is 4.99. The van der Waals surface area contributed by atoms with E-state index >= 15 is 0 Å². The van der Waals surface area contributed by atoms with Crippen molar-refractivity contribution in [3.05, 3.63) is 78.1 Å². The third-order valence-corrected chi connectivity index (χ3v) is 6.43. The Balaban J connectivity index is 2.08. The normalized spacial score (nSPS) is 12.1. The van der Waals surface area contributed by atoms with E-state index in [1.807, 2.05) is 88.4 Å². The third-order valence-electron chi connectivity index (χ3n) is 4.53. The van der Waals surface area contributed by atoms with E-state index in [0.717, 1.165) is 5.56 Å². The van der Waals surface area contributed by atoms with Gasteiger partial charge >= 0.3 is 0 Å². The molecule has 1 aromatic heterocycles. The van der Waals surface area contributed by atoms with E-state index in [2.05, 4.69) is 5.10 Å². The van der Waals surface area contributed by atoms with Crippen LogP contribution in [-0.4, -0.2) is 24.7 Å². The molecule has 0 N–H and O–H groups in total. The van der Waals surface area contributed by atoms with Gasteiger partial charge in [0.1, 0.15) is 4.90 Å². The molecule has 0 spiro atoms. The average Bonchev–Trinajstić information content (AvgIpc) is 3.09. The molecule has 1 heterocycles. The number of hydrogen-bond acceptors (Lipinski definition) is 3. The summed E-state index contributed by atoms with van der Waals surface area (Å²) in [4.78, 5) is 0.265. The summed E-state index contributed by atoms with van der Waals surface area (Å²) in [6.07, 6.45) is 1.66. The van der Waals surface area contributed by atoms with Crippen molar-refractivity contribution in [3.8, 4) is 0 Å². The van der Waals surface area contributed by atoms with Gasteiger partial charge in [0.15, 0.2) is 0 Å². The predicted octanol–water partition coefficient (Wildman–Crippen LogP) is 4.44. The highest BCUT2D eigenvalue weighted by molar-refractivity contribution is 7.92. The van der Waals surface area contributed by atoms with Crippen LogP contribution in [0.25, 0.3) is 0 Å². The lowest BCUT2D eigenvalue weighted by molar-refractivity contribution is 0.532. The minimum Gasteiger partial charge on any atom is -0.267 e. The summed E-state index contributed by atoms with van der Waals surface area (Å²) < 4.78 is 30.3. The summed E-state index contributed by atoms with van der Waals surface area (Å²) in [5.74, 6) is 0. The van der Waals surface area contributed by atoms with Crippen LogP contribution in [0.2, 0.25) is 0 Å². The summed E-state index contributed by atoms with van der Waals surface area (Å²) in [5.41, 5.74) is 1.91. The highest BCUT2D eigenvalue weighted by Gasteiger charge is 2.33. The van der Waals surface area contributed by atoms with Crippen LogP contribution in [0.15, 0.2) is 71.8 Å². The highest BCUT2D eigenvalue weighted by Crippen LogP contribution is 2.31. The lowest BCUT2D eigenvalue weighted by atomic mass is 9.92. The van der Waals surface area contributed by atoms with Crippen LogP contribution in [0.4, 0.5) is 5.69 Å². The molecule has 0 saturated carbocycles. The SMILES string of the molecule is CCN(c1ccccc1)S(=O)(=O)c1cn(Cc2ccccc2)nc1C(C)(C)C. The Morgan fingerprint density at radius 2 is 1.54 bits per heavy atom. The Bertz CT molecular complexity index is 1020. The van der Waals surface area contributed by atoms with Crippen LogP contribution in [0.3, 0.4) is 0 Å². The quantitative estimate of drug-likeness (QED) is 0.618. The van der Waals surface area contributed by atoms with Crippen molar-refractivity contribution in [1.82, 2.24) is 9.78 Å². The van der Waals surface area contributed by atoms with Crippen LogP contribution in [0.5, 0.6) is 0 Å². The monoisotopic (exact) mass is 397 g/mol. The van der Waals surface area contributed by atoms with Gasteiger partial charge in [-0.05, 0) is 24.6 Å². The van der Waals surface area contributed by atoms with Crippen molar-refractivity contribution in [1.29, 1.82) is 0 Å². The first-order valence-electron chi connectivity index (χ1n) is 9.43. The molecule has 0 bridgehead atoms. The zero-order valence-electron chi connectivity index (χ0n) is 16.8. The lowest BCUT2D eigenvalue weighted by Crippen LogP contribution is -2.32. The third kappa shape index (κ3) is 4.12. The zero-order chi connectivity index (χ0) is 20.4. The van der Waals surface area contributed by atoms with Gasteiger partial charge in [-0.25, -0.2) is 8.42 Å². The smallest absolute Gasteiger partial charge is 0.267 e. The van der Waals surface area contributed by atoms with Gasteiger partial charge in [0.25, 0.3) is 10.0 Å². The van der Waals surface area contributed by atoms with Gasteiger partial charge in [-0.15, -0.1) is 0 Å². The molecule has 3 aromatic rings. The molecule has 2 aromatic carbocycles. The van der Waals surface area contributed by atoms with Gasteiger partial charge in [0.2, 0.25) is 0 Å². The molecule has 5 nitrogen and oxygen atoms in total. The number of aromatic nitrogens is 2. The van der Waals surface area contributed by atoms with E-state index in [4.69, 9.17) is 0 Å². The molecule has 0 aliphatic rings. The number of anilines is 1. The van der Waals surface area contributed by atoms with E-state index < -0.39 is 15.4 Å². The molecule has 3 rings (SSSR count). The number of benzene rings is 2. The molecular formula is C22H27N3O2S. The van der Waals surface area contributed by atoms with Gasteiger partial charge < -0.3 is 0 Å². The number of hydrogen-bond donors (Lipinski definition) is 0. The Morgan fingerprint density at radius 3 is 2.07 bits per heavy atom. The number of sulfonamides is 1. The molecule has 148 valence electrons. The van der Waals surface area contributed by atoms with Crippen molar-refractivity contribution in [2.75, 3.05) is 10.8 Å². The molecule has 0 radical (unpaired) electrons. The lowest BCUT2D eigenvalue weighted by Gasteiger charge is -2.24. The van der Waals surface area contributed by atoms with Gasteiger partial charge in [0.05, 0.1) is 17.9 Å². The van der Waals surface area contributed by atoms with E-state index in [1.54, 1.807) is 10.9 Å². The summed E-state index contributed by atoms with van der Waals surface area (Å²) in [6, 6.07) is 19.1. The van der Waals surface area contributed by atoms with Crippen molar-refractivity contribution >= 4 is 15.7 Å². The molecule has 0 aliphatic carbocycles. The van der Waals surface area contributed by atoms with E-state index in [1.165, 1.54) is 4.31 Å². The largest absolute Gasteiger partial charge is 0.267 e. The highest BCUT2D eigenvalue weighted by atomic mass is 32.2. The summed E-state index contributed by atoms with van der Waals surface area (Å²) in [6.45, 7) is 8.67.